The quantitative estimate of drug-likeness (QED) is 0.717. The minimum absolute atomic E-state index is 0.325. The van der Waals surface area contributed by atoms with Crippen LogP contribution >= 0.6 is 11.8 Å². The van der Waals surface area contributed by atoms with E-state index in [4.69, 9.17) is 0 Å². The summed E-state index contributed by atoms with van der Waals surface area (Å²) in [5.74, 6) is 1.01. The van der Waals surface area contributed by atoms with E-state index in [1.54, 1.807) is 0 Å². The summed E-state index contributed by atoms with van der Waals surface area (Å²) in [6.45, 7) is 8.79. The molecule has 1 aromatic rings. The zero-order valence-electron chi connectivity index (χ0n) is 8.79. The molecular weight excluding hydrogens is 178 g/mol. The van der Waals surface area contributed by atoms with Crippen molar-refractivity contribution < 1.29 is 0 Å². The Labute approximate surface area is 85.0 Å². The topological polar surface area (TPSA) is 12.9 Å². The minimum atomic E-state index is 0.325. The van der Waals surface area contributed by atoms with Gasteiger partial charge in [-0.3, -0.25) is 4.98 Å². The van der Waals surface area contributed by atoms with Crippen molar-refractivity contribution in [1.82, 2.24) is 4.98 Å². The monoisotopic (exact) mass is 195 g/mol. The summed E-state index contributed by atoms with van der Waals surface area (Å²) >= 11 is 1.93. The largest absolute Gasteiger partial charge is 0.260 e. The maximum Gasteiger partial charge on any atom is 0.0505 e. The average Bonchev–Trinajstić information content (AvgIpc) is 2.00. The van der Waals surface area contributed by atoms with E-state index in [9.17, 15) is 0 Å². The van der Waals surface area contributed by atoms with Crippen LogP contribution < -0.4 is 0 Å². The van der Waals surface area contributed by atoms with Crippen molar-refractivity contribution in [1.29, 1.82) is 0 Å². The van der Waals surface area contributed by atoms with Gasteiger partial charge in [0.2, 0.25) is 0 Å². The van der Waals surface area contributed by atoms with Gasteiger partial charge in [0.05, 0.1) is 5.69 Å². The van der Waals surface area contributed by atoms with Gasteiger partial charge in [-0.1, -0.05) is 20.8 Å². The van der Waals surface area contributed by atoms with E-state index in [-0.39, 0.29) is 0 Å². The molecule has 0 saturated heterocycles. The van der Waals surface area contributed by atoms with E-state index in [1.807, 2.05) is 24.0 Å². The lowest BCUT2D eigenvalue weighted by atomic mass is 10.2. The zero-order chi connectivity index (χ0) is 9.90. The van der Waals surface area contributed by atoms with Gasteiger partial charge < -0.3 is 0 Å². The van der Waals surface area contributed by atoms with Gasteiger partial charge in [0.1, 0.15) is 0 Å². The maximum absolute atomic E-state index is 4.32. The number of hydrogen-bond donors (Lipinski definition) is 0. The number of rotatable bonds is 2. The van der Waals surface area contributed by atoms with Gasteiger partial charge in [0.25, 0.3) is 0 Å². The number of aromatic nitrogens is 1. The van der Waals surface area contributed by atoms with Crippen molar-refractivity contribution in [2.24, 2.45) is 0 Å². The third-order valence-electron chi connectivity index (χ3n) is 1.63. The number of hydrogen-bond acceptors (Lipinski definition) is 2. The second-order valence-corrected chi connectivity index (χ2v) is 6.03. The Morgan fingerprint density at radius 3 is 2.62 bits per heavy atom. The van der Waals surface area contributed by atoms with E-state index in [0.717, 1.165) is 5.75 Å². The highest BCUT2D eigenvalue weighted by molar-refractivity contribution is 7.99. The molecule has 0 aliphatic rings. The summed E-state index contributed by atoms with van der Waals surface area (Å²) in [6, 6.07) is 4.18. The van der Waals surface area contributed by atoms with Gasteiger partial charge >= 0.3 is 0 Å². The summed E-state index contributed by atoms with van der Waals surface area (Å²) in [5.41, 5.74) is 2.47. The van der Waals surface area contributed by atoms with Gasteiger partial charge in [0, 0.05) is 16.7 Å². The van der Waals surface area contributed by atoms with Gasteiger partial charge in [-0.2, -0.15) is 0 Å². The summed E-state index contributed by atoms with van der Waals surface area (Å²) in [7, 11) is 0. The first-order chi connectivity index (χ1) is 5.97. The lowest BCUT2D eigenvalue weighted by molar-refractivity contribution is 0.801. The normalized spacial score (nSPS) is 11.7. The van der Waals surface area contributed by atoms with E-state index in [1.165, 1.54) is 11.3 Å². The molecule has 1 rings (SSSR count). The fourth-order valence-electron chi connectivity index (χ4n) is 0.968. The first-order valence-corrected chi connectivity index (χ1v) is 5.51. The average molecular weight is 195 g/mol. The molecular formula is C11H17NS. The predicted molar refractivity (Wildman–Crippen MR) is 60.0 cm³/mol. The Balaban J connectivity index is 2.55. The molecule has 0 fully saturated rings. The molecule has 2 heteroatoms. The maximum atomic E-state index is 4.32. The highest BCUT2D eigenvalue weighted by atomic mass is 32.2. The minimum Gasteiger partial charge on any atom is -0.260 e. The third kappa shape index (κ3) is 4.32. The molecule has 0 N–H and O–H groups in total. The highest BCUT2D eigenvalue weighted by Gasteiger charge is 2.10. The predicted octanol–water partition coefficient (Wildman–Crippen LogP) is 3.42. The molecule has 0 unspecified atom stereocenters. The molecule has 0 aliphatic carbocycles. The molecule has 1 aromatic heterocycles. The molecule has 0 radical (unpaired) electrons. The number of pyridine rings is 1. The zero-order valence-corrected chi connectivity index (χ0v) is 9.61. The second-order valence-electron chi connectivity index (χ2n) is 4.23. The summed E-state index contributed by atoms with van der Waals surface area (Å²) in [6.07, 6.45) is 1.88. The van der Waals surface area contributed by atoms with E-state index in [0.29, 0.717) is 4.75 Å². The number of nitrogens with zero attached hydrogens (tertiary/aromatic N) is 1. The van der Waals surface area contributed by atoms with Crippen molar-refractivity contribution in [3.63, 3.8) is 0 Å². The van der Waals surface area contributed by atoms with Crippen LogP contribution in [0.15, 0.2) is 18.3 Å². The Bertz CT molecular complexity index is 276. The van der Waals surface area contributed by atoms with Gasteiger partial charge in [0.15, 0.2) is 0 Å². The molecule has 0 bridgehead atoms. The highest BCUT2D eigenvalue weighted by Crippen LogP contribution is 2.26. The van der Waals surface area contributed by atoms with Crippen LogP contribution in [0.1, 0.15) is 32.0 Å². The van der Waals surface area contributed by atoms with Crippen LogP contribution in [0.5, 0.6) is 0 Å². The molecule has 1 heterocycles. The summed E-state index contributed by atoms with van der Waals surface area (Å²) < 4.78 is 0.325. The van der Waals surface area contributed by atoms with Gasteiger partial charge in [-0.25, -0.2) is 0 Å². The van der Waals surface area contributed by atoms with Crippen molar-refractivity contribution in [3.05, 3.63) is 29.6 Å². The molecule has 1 nitrogen and oxygen atoms in total. The SMILES string of the molecule is Cc1ccnc(CSC(C)(C)C)c1. The number of aryl methyl sites for hydroxylation is 1. The molecule has 0 aliphatic heterocycles. The van der Waals surface area contributed by atoms with E-state index < -0.39 is 0 Å². The van der Waals surface area contributed by atoms with Crippen LogP contribution in [0.2, 0.25) is 0 Å². The summed E-state index contributed by atoms with van der Waals surface area (Å²) in [5, 5.41) is 0. The molecule has 0 amide bonds. The van der Waals surface area contributed by atoms with E-state index >= 15 is 0 Å². The van der Waals surface area contributed by atoms with Crippen LogP contribution in [0.4, 0.5) is 0 Å². The lowest BCUT2D eigenvalue weighted by Crippen LogP contribution is -2.07. The van der Waals surface area contributed by atoms with Crippen LogP contribution in [0.25, 0.3) is 0 Å². The smallest absolute Gasteiger partial charge is 0.0505 e. The molecule has 0 atom stereocenters. The van der Waals surface area contributed by atoms with Gasteiger partial charge in [-0.05, 0) is 24.6 Å². The fraction of sp³-hybridized carbons (Fsp3) is 0.545. The molecule has 72 valence electrons. The standard InChI is InChI=1S/C11H17NS/c1-9-5-6-12-10(7-9)8-13-11(2,3)4/h5-7H,8H2,1-4H3. The van der Waals surface area contributed by atoms with Crippen LogP contribution in [0.3, 0.4) is 0 Å². The summed E-state index contributed by atoms with van der Waals surface area (Å²) in [4.78, 5) is 4.32. The third-order valence-corrected chi connectivity index (χ3v) is 2.93. The Morgan fingerprint density at radius 2 is 2.08 bits per heavy atom. The molecule has 13 heavy (non-hydrogen) atoms. The Morgan fingerprint density at radius 1 is 1.38 bits per heavy atom. The Kier molecular flexibility index (Phi) is 3.37. The molecule has 0 aromatic carbocycles. The second kappa shape index (κ2) is 4.14. The molecule has 0 spiro atoms. The van der Waals surface area contributed by atoms with Crippen LogP contribution in [-0.4, -0.2) is 9.73 Å². The van der Waals surface area contributed by atoms with Crippen molar-refractivity contribution >= 4 is 11.8 Å². The van der Waals surface area contributed by atoms with Crippen LogP contribution in [0, 0.1) is 6.92 Å². The first kappa shape index (κ1) is 10.6. The van der Waals surface area contributed by atoms with E-state index in [2.05, 4.69) is 38.7 Å². The van der Waals surface area contributed by atoms with Crippen molar-refractivity contribution in [2.45, 2.75) is 38.2 Å². The van der Waals surface area contributed by atoms with Crippen LogP contribution in [-0.2, 0) is 5.75 Å². The van der Waals surface area contributed by atoms with Crippen molar-refractivity contribution in [2.75, 3.05) is 0 Å². The van der Waals surface area contributed by atoms with Crippen molar-refractivity contribution in [3.8, 4) is 0 Å². The molecule has 0 saturated carbocycles. The first-order valence-electron chi connectivity index (χ1n) is 4.53. The Hall–Kier alpha value is -0.500. The van der Waals surface area contributed by atoms with Gasteiger partial charge in [-0.15, -0.1) is 11.8 Å². The fourth-order valence-corrected chi connectivity index (χ4v) is 1.71. The lowest BCUT2D eigenvalue weighted by Gasteiger charge is -2.16. The number of thioether (sulfide) groups is 1.